The van der Waals surface area contributed by atoms with Crippen LogP contribution in [0.1, 0.15) is 12.5 Å². The van der Waals surface area contributed by atoms with Gasteiger partial charge in [0.1, 0.15) is 0 Å². The van der Waals surface area contributed by atoms with Gasteiger partial charge in [-0.25, -0.2) is 0 Å². The number of nitrogens with two attached hydrogens (primary N) is 1. The molecule has 92 valence electrons. The van der Waals surface area contributed by atoms with E-state index in [0.717, 1.165) is 11.3 Å². The van der Waals surface area contributed by atoms with Crippen LogP contribution in [-0.4, -0.2) is 22.3 Å². The van der Waals surface area contributed by atoms with Crippen molar-refractivity contribution in [2.24, 2.45) is 0 Å². The lowest BCUT2D eigenvalue weighted by molar-refractivity contribution is 0.683. The van der Waals surface area contributed by atoms with Crippen LogP contribution in [0.25, 0.3) is 0 Å². The summed E-state index contributed by atoms with van der Waals surface area (Å²) in [6, 6.07) is 7.72. The predicted octanol–water partition coefficient (Wildman–Crippen LogP) is 1.51. The van der Waals surface area contributed by atoms with Crippen molar-refractivity contribution in [3.05, 3.63) is 23.8 Å². The lowest BCUT2D eigenvalue weighted by Crippen LogP contribution is -2.22. The van der Waals surface area contributed by atoms with Gasteiger partial charge in [-0.05, 0) is 30.7 Å². The smallest absolute Gasteiger partial charge is 0.0670 e. The minimum Gasteiger partial charge on any atom is -0.398 e. The van der Waals surface area contributed by atoms with E-state index >= 15 is 0 Å². The van der Waals surface area contributed by atoms with E-state index in [1.54, 1.807) is 12.3 Å². The highest BCUT2D eigenvalue weighted by Crippen LogP contribution is 2.18. The molecule has 0 heterocycles. The van der Waals surface area contributed by atoms with Crippen molar-refractivity contribution in [1.82, 2.24) is 0 Å². The molecule has 2 atom stereocenters. The fourth-order valence-corrected chi connectivity index (χ4v) is 2.40. The van der Waals surface area contributed by atoms with Gasteiger partial charge in [-0.15, -0.1) is 0 Å². The Morgan fingerprint density at radius 3 is 2.88 bits per heavy atom. The average Bonchev–Trinajstić information content (AvgIpc) is 2.22. The molecule has 2 unspecified atom stereocenters. The Morgan fingerprint density at radius 2 is 2.29 bits per heavy atom. The SMILES string of the molecule is CC(CS(C)=O)Nc1ccc(N)c(CC#N)c1. The molecule has 0 aliphatic heterocycles. The van der Waals surface area contributed by atoms with E-state index in [1.807, 2.05) is 19.1 Å². The molecule has 0 aliphatic rings. The molecule has 0 spiro atoms. The first kappa shape index (κ1) is 13.5. The number of hydrogen-bond donors (Lipinski definition) is 2. The number of hydrogen-bond acceptors (Lipinski definition) is 4. The molecule has 1 aromatic carbocycles. The van der Waals surface area contributed by atoms with Gasteiger partial charge in [-0.3, -0.25) is 4.21 Å². The normalized spacial score (nSPS) is 13.7. The molecule has 17 heavy (non-hydrogen) atoms. The van der Waals surface area contributed by atoms with Crippen molar-refractivity contribution in [3.63, 3.8) is 0 Å². The Hall–Kier alpha value is -1.54. The highest BCUT2D eigenvalue weighted by atomic mass is 32.2. The third-order valence-corrected chi connectivity index (χ3v) is 3.28. The van der Waals surface area contributed by atoms with E-state index in [4.69, 9.17) is 11.0 Å². The summed E-state index contributed by atoms with van der Waals surface area (Å²) in [6.07, 6.45) is 1.98. The number of nitrogen functional groups attached to an aromatic ring is 1. The summed E-state index contributed by atoms with van der Waals surface area (Å²) in [4.78, 5) is 0. The third-order valence-electron chi connectivity index (χ3n) is 2.31. The first-order chi connectivity index (χ1) is 8.02. The minimum absolute atomic E-state index is 0.124. The van der Waals surface area contributed by atoms with Gasteiger partial charge < -0.3 is 11.1 Å². The van der Waals surface area contributed by atoms with Gasteiger partial charge in [-0.1, -0.05) is 0 Å². The van der Waals surface area contributed by atoms with Crippen LogP contribution in [-0.2, 0) is 17.2 Å². The van der Waals surface area contributed by atoms with Crippen LogP contribution in [0.15, 0.2) is 18.2 Å². The maximum atomic E-state index is 11.1. The van der Waals surface area contributed by atoms with Crippen LogP contribution in [0.2, 0.25) is 0 Å². The largest absolute Gasteiger partial charge is 0.398 e. The van der Waals surface area contributed by atoms with E-state index in [2.05, 4.69) is 11.4 Å². The molecule has 0 radical (unpaired) electrons. The Morgan fingerprint density at radius 1 is 1.59 bits per heavy atom. The van der Waals surface area contributed by atoms with Gasteiger partial charge in [0.2, 0.25) is 0 Å². The number of nitrogens with zero attached hydrogens (tertiary/aromatic N) is 1. The summed E-state index contributed by atoms with van der Waals surface area (Å²) in [5, 5.41) is 11.9. The second-order valence-electron chi connectivity index (χ2n) is 4.03. The molecule has 0 saturated heterocycles. The van der Waals surface area contributed by atoms with Crippen LogP contribution in [0.5, 0.6) is 0 Å². The number of nitriles is 1. The molecule has 0 aliphatic carbocycles. The molecule has 1 rings (SSSR count). The predicted molar refractivity (Wildman–Crippen MR) is 72.2 cm³/mol. The minimum atomic E-state index is -0.822. The van der Waals surface area contributed by atoms with Crippen molar-refractivity contribution in [1.29, 1.82) is 5.26 Å². The fourth-order valence-electron chi connectivity index (χ4n) is 1.61. The lowest BCUT2D eigenvalue weighted by Gasteiger charge is -2.15. The van der Waals surface area contributed by atoms with E-state index in [1.165, 1.54) is 0 Å². The van der Waals surface area contributed by atoms with Gasteiger partial charge in [-0.2, -0.15) is 5.26 Å². The number of rotatable bonds is 5. The van der Waals surface area contributed by atoms with Crippen molar-refractivity contribution in [2.75, 3.05) is 23.1 Å². The highest BCUT2D eigenvalue weighted by Gasteiger charge is 2.06. The Labute approximate surface area is 104 Å². The maximum absolute atomic E-state index is 11.1. The zero-order valence-electron chi connectivity index (χ0n) is 10.1. The second-order valence-corrected chi connectivity index (χ2v) is 5.51. The van der Waals surface area contributed by atoms with Gasteiger partial charge in [0, 0.05) is 40.2 Å². The fraction of sp³-hybridized carbons (Fsp3) is 0.417. The summed E-state index contributed by atoms with van der Waals surface area (Å²) >= 11 is 0. The molecule has 0 fully saturated rings. The van der Waals surface area contributed by atoms with Gasteiger partial charge in [0.25, 0.3) is 0 Å². The molecule has 5 heteroatoms. The van der Waals surface area contributed by atoms with E-state index in [-0.39, 0.29) is 6.04 Å². The summed E-state index contributed by atoms with van der Waals surface area (Å²) in [5.41, 5.74) is 8.11. The van der Waals surface area contributed by atoms with Crippen molar-refractivity contribution in [3.8, 4) is 6.07 Å². The van der Waals surface area contributed by atoms with Gasteiger partial charge >= 0.3 is 0 Å². The molecule has 0 aromatic heterocycles. The summed E-state index contributed by atoms with van der Waals surface area (Å²) in [7, 11) is -0.822. The van der Waals surface area contributed by atoms with Crippen molar-refractivity contribution < 1.29 is 4.21 Å². The number of anilines is 2. The highest BCUT2D eigenvalue weighted by molar-refractivity contribution is 7.84. The monoisotopic (exact) mass is 251 g/mol. The third kappa shape index (κ3) is 4.45. The first-order valence-corrected chi connectivity index (χ1v) is 7.07. The molecule has 0 saturated carbocycles. The first-order valence-electron chi connectivity index (χ1n) is 5.35. The average molecular weight is 251 g/mol. The van der Waals surface area contributed by atoms with Crippen molar-refractivity contribution >= 4 is 22.2 Å². The topological polar surface area (TPSA) is 78.9 Å². The summed E-state index contributed by atoms with van der Waals surface area (Å²) < 4.78 is 11.1. The van der Waals surface area contributed by atoms with Crippen LogP contribution in [0.4, 0.5) is 11.4 Å². The Balaban J connectivity index is 2.75. The zero-order valence-corrected chi connectivity index (χ0v) is 10.9. The van der Waals surface area contributed by atoms with E-state index in [9.17, 15) is 4.21 Å². The van der Waals surface area contributed by atoms with E-state index in [0.29, 0.717) is 17.9 Å². The van der Waals surface area contributed by atoms with Crippen LogP contribution >= 0.6 is 0 Å². The Bertz CT molecular complexity index is 454. The molecule has 1 aromatic rings. The Kier molecular flexibility index (Phi) is 4.98. The summed E-state index contributed by atoms with van der Waals surface area (Å²) in [6.45, 7) is 1.97. The quantitative estimate of drug-likeness (QED) is 0.778. The molecule has 4 nitrogen and oxygen atoms in total. The van der Waals surface area contributed by atoms with E-state index < -0.39 is 10.8 Å². The van der Waals surface area contributed by atoms with Crippen LogP contribution in [0, 0.1) is 11.3 Å². The summed E-state index contributed by atoms with van der Waals surface area (Å²) in [5.74, 6) is 0.595. The standard InChI is InChI=1S/C12H17N3OS/c1-9(8-17(2)16)15-11-3-4-12(14)10(7-11)5-6-13/h3-4,7,9,15H,5,8,14H2,1-2H3. The zero-order chi connectivity index (χ0) is 12.8. The van der Waals surface area contributed by atoms with Crippen molar-refractivity contribution in [2.45, 2.75) is 19.4 Å². The molecule has 0 bridgehead atoms. The maximum Gasteiger partial charge on any atom is 0.0670 e. The molecule has 3 N–H and O–H groups in total. The number of nitrogens with one attached hydrogen (secondary N) is 1. The second kappa shape index (κ2) is 6.26. The van der Waals surface area contributed by atoms with Gasteiger partial charge in [0.05, 0.1) is 12.5 Å². The van der Waals surface area contributed by atoms with Gasteiger partial charge in [0.15, 0.2) is 0 Å². The lowest BCUT2D eigenvalue weighted by atomic mass is 10.1. The molecular weight excluding hydrogens is 234 g/mol. The van der Waals surface area contributed by atoms with Crippen LogP contribution < -0.4 is 11.1 Å². The van der Waals surface area contributed by atoms with Crippen LogP contribution in [0.3, 0.4) is 0 Å². The molecule has 0 amide bonds. The number of benzene rings is 1. The molecular formula is C12H17N3OS.